The summed E-state index contributed by atoms with van der Waals surface area (Å²) in [6.45, 7) is 1.32. The van der Waals surface area contributed by atoms with E-state index in [0.29, 0.717) is 40.5 Å². The van der Waals surface area contributed by atoms with Gasteiger partial charge < -0.3 is 45.8 Å². The van der Waals surface area contributed by atoms with Crippen LogP contribution >= 0.6 is 11.6 Å². The van der Waals surface area contributed by atoms with Crippen molar-refractivity contribution in [1.82, 2.24) is 25.3 Å². The third-order valence-electron chi connectivity index (χ3n) is 6.85. The van der Waals surface area contributed by atoms with Crippen LogP contribution in [0.4, 0.5) is 11.8 Å². The zero-order valence-electron chi connectivity index (χ0n) is 25.2. The largest absolute Gasteiger partial charge is 0.495 e. The van der Waals surface area contributed by atoms with E-state index >= 15 is 0 Å². The second-order valence-electron chi connectivity index (χ2n) is 10.3. The lowest BCUT2D eigenvalue weighted by molar-refractivity contribution is -0.170. The average Bonchev–Trinajstić information content (AvgIpc) is 3.52. The molecule has 3 heterocycles. The lowest BCUT2D eigenvalue weighted by atomic mass is 9.96. The number of nitrogens with one attached hydrogen (secondary N) is 2. The molecular formula is C29H34ClN7O10. The molecule has 0 spiro atoms. The van der Waals surface area contributed by atoms with Crippen LogP contribution < -0.4 is 20.3 Å². The van der Waals surface area contributed by atoms with E-state index in [2.05, 4.69) is 30.6 Å². The maximum absolute atomic E-state index is 13.0. The third-order valence-corrected chi connectivity index (χ3v) is 7.15. The molecule has 3 aromatic rings. The molecule has 17 nitrogen and oxygen atoms in total. The van der Waals surface area contributed by atoms with Crippen LogP contribution in [0.5, 0.6) is 5.75 Å². The van der Waals surface area contributed by atoms with E-state index in [9.17, 15) is 24.3 Å². The van der Waals surface area contributed by atoms with Crippen molar-refractivity contribution in [2.45, 2.75) is 50.4 Å². The summed E-state index contributed by atoms with van der Waals surface area (Å²) in [6, 6.07) is 7.14. The predicted molar refractivity (Wildman–Crippen MR) is 165 cm³/mol. The summed E-state index contributed by atoms with van der Waals surface area (Å²) in [7, 11) is 1.56. The van der Waals surface area contributed by atoms with Crippen molar-refractivity contribution in [3.05, 3.63) is 64.8 Å². The molecule has 18 heteroatoms. The van der Waals surface area contributed by atoms with Crippen LogP contribution in [-0.4, -0.2) is 101 Å². The van der Waals surface area contributed by atoms with Crippen LogP contribution in [0.15, 0.2) is 42.9 Å². The first-order chi connectivity index (χ1) is 22.4. The van der Waals surface area contributed by atoms with Gasteiger partial charge in [-0.1, -0.05) is 17.7 Å². The minimum Gasteiger partial charge on any atom is -0.495 e. The number of halogens is 1. The third kappa shape index (κ3) is 10.5. The van der Waals surface area contributed by atoms with Gasteiger partial charge in [0.05, 0.1) is 44.2 Å². The first kappa shape index (κ1) is 36.3. The molecule has 0 bridgehead atoms. The second kappa shape index (κ2) is 17.0. The first-order valence-corrected chi connectivity index (χ1v) is 14.5. The Hall–Kier alpha value is -5.13. The molecule has 47 heavy (non-hydrogen) atoms. The van der Waals surface area contributed by atoms with Gasteiger partial charge in [-0.25, -0.2) is 19.7 Å². The van der Waals surface area contributed by atoms with Gasteiger partial charge in [-0.2, -0.15) is 4.98 Å². The number of aliphatic hydroxyl groups is 2. The molecule has 0 radical (unpaired) electrons. The van der Waals surface area contributed by atoms with Gasteiger partial charge in [-0.15, -0.1) is 0 Å². The maximum Gasteiger partial charge on any atom is 0.336 e. The normalized spacial score (nSPS) is 14.0. The van der Waals surface area contributed by atoms with Gasteiger partial charge in [0.1, 0.15) is 23.0 Å². The highest BCUT2D eigenvalue weighted by molar-refractivity contribution is 6.32. The summed E-state index contributed by atoms with van der Waals surface area (Å²) in [4.78, 5) is 62.7. The number of hydrogen-bond donors (Lipinski definition) is 7. The van der Waals surface area contributed by atoms with Crippen LogP contribution in [-0.2, 0) is 27.5 Å². The van der Waals surface area contributed by atoms with Crippen molar-refractivity contribution in [2.75, 3.05) is 30.5 Å². The molecule has 2 aromatic heterocycles. The Kier molecular flexibility index (Phi) is 13.1. The quantitative estimate of drug-likeness (QED) is 0.127. The van der Waals surface area contributed by atoms with Crippen LogP contribution in [0.3, 0.4) is 0 Å². The van der Waals surface area contributed by atoms with Gasteiger partial charge in [-0.3, -0.25) is 14.4 Å². The number of rotatable bonds is 14. The molecular weight excluding hydrogens is 642 g/mol. The maximum atomic E-state index is 13.0. The van der Waals surface area contributed by atoms with Crippen LogP contribution in [0.2, 0.25) is 5.02 Å². The molecule has 252 valence electrons. The van der Waals surface area contributed by atoms with Gasteiger partial charge in [0.15, 0.2) is 5.60 Å². The summed E-state index contributed by atoms with van der Waals surface area (Å²) in [5.74, 6) is -3.44. The Morgan fingerprint density at radius 2 is 1.74 bits per heavy atom. The van der Waals surface area contributed by atoms with Gasteiger partial charge in [0.2, 0.25) is 5.95 Å². The Morgan fingerprint density at radius 3 is 2.32 bits per heavy atom. The zero-order valence-corrected chi connectivity index (χ0v) is 25.9. The van der Waals surface area contributed by atoms with Gasteiger partial charge in [0.25, 0.3) is 5.91 Å². The fraction of sp³-hybridized carbons (Fsp3) is 0.379. The highest BCUT2D eigenvalue weighted by atomic mass is 35.5. The van der Waals surface area contributed by atoms with Crippen molar-refractivity contribution in [2.24, 2.45) is 0 Å². The number of aliphatic hydroxyl groups excluding tert-OH is 1. The summed E-state index contributed by atoms with van der Waals surface area (Å²) in [6.07, 6.45) is 4.26. The average molecular weight is 676 g/mol. The molecule has 1 saturated heterocycles. The van der Waals surface area contributed by atoms with Crippen molar-refractivity contribution in [3.63, 3.8) is 0 Å². The highest BCUT2D eigenvalue weighted by Gasteiger charge is 2.40. The van der Waals surface area contributed by atoms with Gasteiger partial charge in [-0.05, 0) is 36.6 Å². The van der Waals surface area contributed by atoms with E-state index < -0.39 is 36.4 Å². The number of carbonyl (C=O) groups excluding carboxylic acids is 1. The number of anilines is 2. The van der Waals surface area contributed by atoms with E-state index in [1.54, 1.807) is 37.7 Å². The fourth-order valence-electron chi connectivity index (χ4n) is 4.50. The molecule has 7 N–H and O–H groups in total. The Labute approximate surface area is 273 Å². The lowest BCUT2D eigenvalue weighted by Gasteiger charge is -2.24. The predicted octanol–water partition coefficient (Wildman–Crippen LogP) is 1.18. The van der Waals surface area contributed by atoms with E-state index in [0.717, 1.165) is 24.9 Å². The molecule has 0 saturated carbocycles. The number of benzene rings is 1. The number of methoxy groups -OCH3 is 1. The number of aliphatic carboxylic acids is 3. The molecule has 1 amide bonds. The Bertz CT molecular complexity index is 1550. The Balaban J connectivity index is 0.000000392. The lowest BCUT2D eigenvalue weighted by Crippen LogP contribution is -2.42. The van der Waals surface area contributed by atoms with Crippen molar-refractivity contribution in [1.29, 1.82) is 0 Å². The first-order valence-electron chi connectivity index (χ1n) is 14.1. The molecule has 0 unspecified atom stereocenters. The van der Waals surface area contributed by atoms with E-state index in [1.165, 1.54) is 6.20 Å². The number of nitrogens with zero attached hydrogens (tertiary/aromatic N) is 5. The monoisotopic (exact) mass is 675 g/mol. The van der Waals surface area contributed by atoms with Crippen molar-refractivity contribution < 1.29 is 49.4 Å². The van der Waals surface area contributed by atoms with Gasteiger partial charge >= 0.3 is 17.9 Å². The standard InChI is InChI=1S/C23H26ClN7O3.C6H8O7/c1-34-19-6-5-15(10-18(19)24)11-27-21-17(22(33)28-13-20-25-7-3-8-26-20)12-29-23(30-21)31-9-2-4-16(31)14-32;7-3(8)1-6(13,5(11)12)2-4(9)10/h3,5-8,10,12,16,32H,2,4,9,11,13-14H2,1H3,(H,28,33)(H,27,29,30);13H,1-2H2,(H,7,8)(H,9,10)(H,11,12)/t16-;/m0./s1. The molecule has 1 aromatic carbocycles. The number of amides is 1. The van der Waals surface area contributed by atoms with E-state index in [4.69, 9.17) is 36.8 Å². The molecule has 1 atom stereocenters. The molecule has 1 fully saturated rings. The molecule has 0 aliphatic carbocycles. The number of hydrogen-bond acceptors (Lipinski definition) is 13. The molecule has 1 aliphatic heterocycles. The highest BCUT2D eigenvalue weighted by Crippen LogP contribution is 2.27. The number of ether oxygens (including phenoxy) is 1. The summed E-state index contributed by atoms with van der Waals surface area (Å²) in [5.41, 5.74) is -1.55. The number of aromatic nitrogens is 4. The minimum atomic E-state index is -2.74. The van der Waals surface area contributed by atoms with Crippen molar-refractivity contribution >= 4 is 47.2 Å². The summed E-state index contributed by atoms with van der Waals surface area (Å²) >= 11 is 6.25. The topological polar surface area (TPSA) is 258 Å². The number of carboxylic acids is 3. The summed E-state index contributed by atoms with van der Waals surface area (Å²) < 4.78 is 5.21. The van der Waals surface area contributed by atoms with Crippen LogP contribution in [0.25, 0.3) is 0 Å². The van der Waals surface area contributed by atoms with Crippen molar-refractivity contribution in [3.8, 4) is 5.75 Å². The van der Waals surface area contributed by atoms with E-state index in [1.807, 2.05) is 11.0 Å². The zero-order chi connectivity index (χ0) is 34.6. The molecule has 4 rings (SSSR count). The smallest absolute Gasteiger partial charge is 0.336 e. The minimum absolute atomic E-state index is 0.0236. The fourth-order valence-corrected chi connectivity index (χ4v) is 4.78. The second-order valence-corrected chi connectivity index (χ2v) is 10.7. The molecule has 1 aliphatic rings. The Morgan fingerprint density at radius 1 is 1.06 bits per heavy atom. The van der Waals surface area contributed by atoms with Gasteiger partial charge in [0, 0.05) is 31.7 Å². The van der Waals surface area contributed by atoms with Crippen LogP contribution in [0, 0.1) is 0 Å². The SMILES string of the molecule is COc1ccc(CNc2nc(N3CCC[C@H]3CO)ncc2C(=O)NCc2ncccn2)cc1Cl.O=C(O)CC(O)(CC(=O)O)C(=O)O. The number of carboxylic acid groups (broad SMARTS) is 3. The van der Waals surface area contributed by atoms with Crippen LogP contribution in [0.1, 0.15) is 47.4 Å². The van der Waals surface area contributed by atoms with E-state index in [-0.39, 0.29) is 25.1 Å². The summed E-state index contributed by atoms with van der Waals surface area (Å²) in [5, 5.41) is 50.1. The number of carbonyl (C=O) groups is 4.